The van der Waals surface area contributed by atoms with E-state index in [0.717, 1.165) is 83.0 Å². The highest BCUT2D eigenvalue weighted by atomic mass is 16.3. The summed E-state index contributed by atoms with van der Waals surface area (Å²) >= 11 is 0. The van der Waals surface area contributed by atoms with Crippen LogP contribution in [-0.4, -0.2) is 19.5 Å². The zero-order valence-electron chi connectivity index (χ0n) is 30.2. The molecule has 0 fully saturated rings. The largest absolute Gasteiger partial charge is 0.456 e. The summed E-state index contributed by atoms with van der Waals surface area (Å²) in [7, 11) is 0. The molecule has 11 rings (SSSR count). The van der Waals surface area contributed by atoms with Gasteiger partial charge < -0.3 is 8.98 Å². The van der Waals surface area contributed by atoms with E-state index in [1.54, 1.807) is 0 Å². The molecule has 3 heterocycles. The monoisotopic (exact) mass is 716 g/mol. The minimum absolute atomic E-state index is 0.581. The second-order valence-electron chi connectivity index (χ2n) is 14.0. The number of furan rings is 1. The maximum Gasteiger partial charge on any atom is 0.164 e. The molecule has 0 saturated heterocycles. The van der Waals surface area contributed by atoms with Crippen molar-refractivity contribution in [1.82, 2.24) is 19.5 Å². The van der Waals surface area contributed by atoms with Gasteiger partial charge in [-0.25, -0.2) is 15.0 Å². The Labute approximate surface area is 322 Å². The lowest BCUT2D eigenvalue weighted by molar-refractivity contribution is 0.669. The number of hydrogen-bond donors (Lipinski definition) is 0. The molecule has 0 aliphatic heterocycles. The summed E-state index contributed by atoms with van der Waals surface area (Å²) in [6, 6.07) is 67.4. The highest BCUT2D eigenvalue weighted by molar-refractivity contribution is 6.19. The van der Waals surface area contributed by atoms with E-state index < -0.39 is 0 Å². The van der Waals surface area contributed by atoms with Gasteiger partial charge in [-0.05, 0) is 76.9 Å². The minimum Gasteiger partial charge on any atom is -0.456 e. The molecule has 0 aliphatic carbocycles. The SMILES string of the molecule is c1ccc(-c2cc(-c3ccccc3)cc(-c3nc(-c4ccccc4)nc(-c4cccc5oc6cc7c8ccccc8n(-c8ccccc8)c7cc6c45)n3)c2)cc1. The third-order valence-electron chi connectivity index (χ3n) is 10.6. The fraction of sp³-hybridized carbons (Fsp3) is 0. The second kappa shape index (κ2) is 13.0. The first-order valence-electron chi connectivity index (χ1n) is 18.8. The van der Waals surface area contributed by atoms with E-state index >= 15 is 0 Å². The maximum atomic E-state index is 6.67. The van der Waals surface area contributed by atoms with Crippen LogP contribution in [0.3, 0.4) is 0 Å². The lowest BCUT2D eigenvalue weighted by Gasteiger charge is -2.13. The van der Waals surface area contributed by atoms with Crippen LogP contribution in [-0.2, 0) is 0 Å². The normalized spacial score (nSPS) is 11.6. The standard InChI is InChI=1S/C51H32N4O/c1-5-16-33(17-6-1)36-28-37(34-18-7-2-8-19-34)30-38(29-36)50-52-49(35-20-9-3-10-21-35)53-51(54-50)41-25-15-27-46-48(41)43-31-45-42(32-47(43)56-46)40-24-13-14-26-44(40)55(45)39-22-11-4-12-23-39/h1-32H. The average Bonchev–Trinajstić information content (AvgIpc) is 3.81. The van der Waals surface area contributed by atoms with Crippen LogP contribution in [0, 0.1) is 0 Å². The topological polar surface area (TPSA) is 56.7 Å². The third-order valence-corrected chi connectivity index (χ3v) is 10.6. The van der Waals surface area contributed by atoms with Gasteiger partial charge in [0.15, 0.2) is 17.5 Å². The van der Waals surface area contributed by atoms with E-state index in [9.17, 15) is 0 Å². The Morgan fingerprint density at radius 1 is 0.339 bits per heavy atom. The zero-order chi connectivity index (χ0) is 37.0. The zero-order valence-corrected chi connectivity index (χ0v) is 30.2. The Bertz CT molecular complexity index is 3170. The Hall–Kier alpha value is -7.63. The number of rotatable bonds is 6. The van der Waals surface area contributed by atoms with Crippen LogP contribution in [0.4, 0.5) is 0 Å². The Morgan fingerprint density at radius 3 is 1.57 bits per heavy atom. The molecule has 262 valence electrons. The summed E-state index contributed by atoms with van der Waals surface area (Å²) in [6.07, 6.45) is 0. The van der Waals surface area contributed by atoms with Crippen molar-refractivity contribution in [2.45, 2.75) is 0 Å². The molecule has 0 N–H and O–H groups in total. The van der Waals surface area contributed by atoms with Crippen molar-refractivity contribution in [1.29, 1.82) is 0 Å². The lowest BCUT2D eigenvalue weighted by atomic mass is 9.96. The average molecular weight is 717 g/mol. The van der Waals surface area contributed by atoms with Gasteiger partial charge >= 0.3 is 0 Å². The fourth-order valence-electron chi connectivity index (χ4n) is 8.02. The highest BCUT2D eigenvalue weighted by Crippen LogP contribution is 2.42. The fourth-order valence-corrected chi connectivity index (χ4v) is 8.02. The molecule has 0 amide bonds. The number of para-hydroxylation sites is 2. The molecule has 5 nitrogen and oxygen atoms in total. The molecule has 0 bridgehead atoms. The van der Waals surface area contributed by atoms with Crippen molar-refractivity contribution < 1.29 is 4.42 Å². The summed E-state index contributed by atoms with van der Waals surface area (Å²) in [6.45, 7) is 0. The van der Waals surface area contributed by atoms with Gasteiger partial charge in [0.25, 0.3) is 0 Å². The van der Waals surface area contributed by atoms with Gasteiger partial charge in [0.1, 0.15) is 11.2 Å². The van der Waals surface area contributed by atoms with Crippen molar-refractivity contribution in [3.63, 3.8) is 0 Å². The van der Waals surface area contributed by atoms with Crippen LogP contribution in [0.5, 0.6) is 0 Å². The maximum absolute atomic E-state index is 6.67. The summed E-state index contributed by atoms with van der Waals surface area (Å²) in [4.78, 5) is 15.6. The van der Waals surface area contributed by atoms with Crippen LogP contribution in [0.2, 0.25) is 0 Å². The van der Waals surface area contributed by atoms with Gasteiger partial charge in [0, 0.05) is 43.9 Å². The predicted octanol–water partition coefficient (Wildman–Crippen LogP) is 13.2. The van der Waals surface area contributed by atoms with Gasteiger partial charge in [0.2, 0.25) is 0 Å². The molecule has 0 radical (unpaired) electrons. The molecule has 8 aromatic carbocycles. The number of hydrogen-bond acceptors (Lipinski definition) is 4. The molecule has 0 aliphatic rings. The summed E-state index contributed by atoms with van der Waals surface area (Å²) in [5.41, 5.74) is 12.1. The first-order valence-corrected chi connectivity index (χ1v) is 18.8. The lowest BCUT2D eigenvalue weighted by Crippen LogP contribution is -2.01. The quantitative estimate of drug-likeness (QED) is 0.172. The van der Waals surface area contributed by atoms with E-state index in [4.69, 9.17) is 19.4 Å². The molecule has 11 aromatic rings. The molecule has 0 spiro atoms. The van der Waals surface area contributed by atoms with E-state index in [0.29, 0.717) is 17.5 Å². The van der Waals surface area contributed by atoms with Gasteiger partial charge in [-0.1, -0.05) is 140 Å². The van der Waals surface area contributed by atoms with Crippen LogP contribution < -0.4 is 0 Å². The molecular weight excluding hydrogens is 685 g/mol. The van der Waals surface area contributed by atoms with E-state index in [1.165, 1.54) is 5.39 Å². The summed E-state index contributed by atoms with van der Waals surface area (Å²) in [5, 5.41) is 4.28. The predicted molar refractivity (Wildman–Crippen MR) is 229 cm³/mol. The van der Waals surface area contributed by atoms with E-state index in [1.807, 2.05) is 54.6 Å². The Balaban J connectivity index is 1.17. The first kappa shape index (κ1) is 31.9. The Morgan fingerprint density at radius 2 is 0.893 bits per heavy atom. The van der Waals surface area contributed by atoms with E-state index in [-0.39, 0.29) is 0 Å². The smallest absolute Gasteiger partial charge is 0.164 e. The van der Waals surface area contributed by atoms with Crippen molar-refractivity contribution in [3.05, 3.63) is 194 Å². The third kappa shape index (κ3) is 5.37. The number of nitrogens with zero attached hydrogens (tertiary/aromatic N) is 4. The molecule has 3 aromatic heterocycles. The van der Waals surface area contributed by atoms with Gasteiger partial charge in [-0.2, -0.15) is 0 Å². The minimum atomic E-state index is 0.581. The first-order chi connectivity index (χ1) is 27.7. The van der Waals surface area contributed by atoms with Crippen LogP contribution >= 0.6 is 0 Å². The molecule has 0 unspecified atom stereocenters. The highest BCUT2D eigenvalue weighted by Gasteiger charge is 2.21. The van der Waals surface area contributed by atoms with Gasteiger partial charge in [-0.3, -0.25) is 0 Å². The van der Waals surface area contributed by atoms with Crippen LogP contribution in [0.15, 0.2) is 199 Å². The van der Waals surface area contributed by atoms with E-state index in [2.05, 4.69) is 144 Å². The molecular formula is C51H32N4O. The molecule has 5 heteroatoms. The summed E-state index contributed by atoms with van der Waals surface area (Å²) in [5.74, 6) is 1.78. The number of aromatic nitrogens is 4. The van der Waals surface area contributed by atoms with Gasteiger partial charge in [-0.15, -0.1) is 0 Å². The van der Waals surface area contributed by atoms with Crippen molar-refractivity contribution in [2.24, 2.45) is 0 Å². The van der Waals surface area contributed by atoms with Crippen molar-refractivity contribution >= 4 is 43.7 Å². The van der Waals surface area contributed by atoms with Crippen LogP contribution in [0.25, 0.3) is 106 Å². The van der Waals surface area contributed by atoms with Crippen LogP contribution in [0.1, 0.15) is 0 Å². The number of benzene rings is 8. The number of fused-ring (bicyclic) bond motifs is 6. The van der Waals surface area contributed by atoms with Crippen molar-refractivity contribution in [3.8, 4) is 62.1 Å². The van der Waals surface area contributed by atoms with Gasteiger partial charge in [0.05, 0.1) is 11.0 Å². The second-order valence-corrected chi connectivity index (χ2v) is 14.0. The molecule has 56 heavy (non-hydrogen) atoms. The molecule has 0 saturated carbocycles. The summed E-state index contributed by atoms with van der Waals surface area (Å²) < 4.78 is 9.00. The molecule has 0 atom stereocenters. The Kier molecular flexibility index (Phi) is 7.42. The van der Waals surface area contributed by atoms with Crippen molar-refractivity contribution in [2.75, 3.05) is 0 Å².